The lowest BCUT2D eigenvalue weighted by molar-refractivity contribution is -0.126. The molecule has 0 bridgehead atoms. The first-order chi connectivity index (χ1) is 12.0. The Morgan fingerprint density at radius 2 is 1.80 bits per heavy atom. The Hall–Kier alpha value is -2.38. The van der Waals surface area contributed by atoms with E-state index < -0.39 is 16.1 Å². The van der Waals surface area contributed by atoms with Crippen molar-refractivity contribution in [1.29, 1.82) is 0 Å². The Balaban J connectivity index is 1.72. The predicted molar refractivity (Wildman–Crippen MR) is 97.0 cm³/mol. The summed E-state index contributed by atoms with van der Waals surface area (Å²) in [7, 11) is -1.72. The maximum absolute atomic E-state index is 12.4. The van der Waals surface area contributed by atoms with E-state index in [0.717, 1.165) is 5.56 Å². The molecule has 3 rings (SSSR count). The van der Waals surface area contributed by atoms with Gasteiger partial charge in [0.15, 0.2) is 6.10 Å². The van der Waals surface area contributed by atoms with Crippen LogP contribution >= 0.6 is 0 Å². The van der Waals surface area contributed by atoms with Crippen LogP contribution < -0.4 is 9.62 Å². The first kappa shape index (κ1) is 17.4. The average Bonchev–Trinajstić information content (AvgIpc) is 2.96. The molecule has 2 aromatic rings. The van der Waals surface area contributed by atoms with Crippen molar-refractivity contribution >= 4 is 27.3 Å². The summed E-state index contributed by atoms with van der Waals surface area (Å²) < 4.78 is 30.6. The van der Waals surface area contributed by atoms with Gasteiger partial charge in [0, 0.05) is 19.3 Å². The van der Waals surface area contributed by atoms with E-state index in [1.54, 1.807) is 24.3 Å². The van der Waals surface area contributed by atoms with Crippen LogP contribution in [0.5, 0.6) is 0 Å². The summed E-state index contributed by atoms with van der Waals surface area (Å²) in [6, 6.07) is 16.0. The number of hydrogen-bond acceptors (Lipinski definition) is 4. The van der Waals surface area contributed by atoms with Crippen LogP contribution in [0.2, 0.25) is 0 Å². The number of carbonyl (C=O) groups excluding carboxylic acids is 1. The molecule has 1 aliphatic rings. The summed E-state index contributed by atoms with van der Waals surface area (Å²) in [5, 5.41) is 2.80. The van der Waals surface area contributed by atoms with Crippen molar-refractivity contribution in [3.63, 3.8) is 0 Å². The lowest BCUT2D eigenvalue weighted by Crippen LogP contribution is -2.25. The number of ether oxygens (including phenoxy) is 1. The van der Waals surface area contributed by atoms with Gasteiger partial charge in [0.25, 0.3) is 5.91 Å². The molecule has 0 spiro atoms. The zero-order valence-corrected chi connectivity index (χ0v) is 14.7. The van der Waals surface area contributed by atoms with Crippen LogP contribution in [0.1, 0.15) is 18.1 Å². The van der Waals surface area contributed by atoms with E-state index in [-0.39, 0.29) is 11.7 Å². The predicted octanol–water partition coefficient (Wildman–Crippen LogP) is 2.55. The van der Waals surface area contributed by atoms with Crippen LogP contribution in [0, 0.1) is 0 Å². The van der Waals surface area contributed by atoms with E-state index in [1.165, 1.54) is 11.4 Å². The molecule has 1 atom stereocenters. The van der Waals surface area contributed by atoms with Crippen LogP contribution in [0.25, 0.3) is 0 Å². The number of rotatable bonds is 5. The second-order valence-electron chi connectivity index (χ2n) is 5.80. The third-order valence-electron chi connectivity index (χ3n) is 4.10. The standard InChI is InChI=1S/C18H20N2O4S/c1-24-17(14-6-3-2-4-7-14)18(21)19-15-8-10-16(11-9-15)20-12-5-13-25(20,22)23/h2-4,6-11,17H,5,12-13H2,1H3,(H,19,21)/t17-/m1/s1. The average molecular weight is 360 g/mol. The molecule has 132 valence electrons. The van der Waals surface area contributed by atoms with E-state index in [2.05, 4.69) is 5.32 Å². The van der Waals surface area contributed by atoms with E-state index in [1.807, 2.05) is 30.3 Å². The molecule has 1 saturated heterocycles. The monoisotopic (exact) mass is 360 g/mol. The number of methoxy groups -OCH3 is 1. The topological polar surface area (TPSA) is 75.7 Å². The highest BCUT2D eigenvalue weighted by molar-refractivity contribution is 7.93. The van der Waals surface area contributed by atoms with Crippen LogP contribution in [-0.2, 0) is 19.6 Å². The molecule has 7 heteroatoms. The highest BCUT2D eigenvalue weighted by Gasteiger charge is 2.28. The number of carbonyl (C=O) groups is 1. The minimum atomic E-state index is -3.20. The minimum Gasteiger partial charge on any atom is -0.367 e. The Morgan fingerprint density at radius 1 is 1.12 bits per heavy atom. The van der Waals surface area contributed by atoms with E-state index in [0.29, 0.717) is 24.3 Å². The molecule has 25 heavy (non-hydrogen) atoms. The molecule has 1 heterocycles. The summed E-state index contributed by atoms with van der Waals surface area (Å²) in [6.45, 7) is 0.494. The Labute approximate surface area is 147 Å². The quantitative estimate of drug-likeness (QED) is 0.889. The maximum Gasteiger partial charge on any atom is 0.258 e. The van der Waals surface area contributed by atoms with Crippen molar-refractivity contribution in [2.45, 2.75) is 12.5 Å². The summed E-state index contributed by atoms with van der Waals surface area (Å²) in [5.74, 6) is -0.104. The number of sulfonamides is 1. The van der Waals surface area contributed by atoms with Gasteiger partial charge in [-0.3, -0.25) is 9.10 Å². The van der Waals surface area contributed by atoms with E-state index in [4.69, 9.17) is 4.74 Å². The zero-order chi connectivity index (χ0) is 17.9. The first-order valence-corrected chi connectivity index (χ1v) is 9.61. The van der Waals surface area contributed by atoms with E-state index >= 15 is 0 Å². The van der Waals surface area contributed by atoms with Crippen LogP contribution in [0.15, 0.2) is 54.6 Å². The second kappa shape index (κ2) is 7.25. The van der Waals surface area contributed by atoms with Gasteiger partial charge in [0.05, 0.1) is 11.4 Å². The fraction of sp³-hybridized carbons (Fsp3) is 0.278. The maximum atomic E-state index is 12.4. The summed E-state index contributed by atoms with van der Waals surface area (Å²) in [6.07, 6.45) is -0.0761. The van der Waals surface area contributed by atoms with Crippen LogP contribution in [0.3, 0.4) is 0 Å². The molecule has 0 unspecified atom stereocenters. The molecular formula is C18H20N2O4S. The summed E-state index contributed by atoms with van der Waals surface area (Å²) in [5.41, 5.74) is 1.97. The van der Waals surface area contributed by atoms with Gasteiger partial charge in [-0.15, -0.1) is 0 Å². The fourth-order valence-electron chi connectivity index (χ4n) is 2.87. The normalized spacial score (nSPS) is 17.2. The lowest BCUT2D eigenvalue weighted by atomic mass is 10.1. The molecule has 0 aromatic heterocycles. The van der Waals surface area contributed by atoms with Crippen molar-refractivity contribution in [1.82, 2.24) is 0 Å². The van der Waals surface area contributed by atoms with Crippen molar-refractivity contribution in [3.8, 4) is 0 Å². The van der Waals surface area contributed by atoms with Gasteiger partial charge < -0.3 is 10.1 Å². The molecule has 1 N–H and O–H groups in total. The number of amides is 1. The van der Waals surface area contributed by atoms with Gasteiger partial charge in [-0.25, -0.2) is 8.42 Å². The Bertz CT molecular complexity index is 835. The fourth-order valence-corrected chi connectivity index (χ4v) is 4.44. The van der Waals surface area contributed by atoms with Crippen molar-refractivity contribution in [3.05, 3.63) is 60.2 Å². The van der Waals surface area contributed by atoms with Gasteiger partial charge in [-0.1, -0.05) is 30.3 Å². The summed E-state index contributed by atoms with van der Waals surface area (Å²) in [4.78, 5) is 12.4. The number of nitrogens with one attached hydrogen (secondary N) is 1. The third-order valence-corrected chi connectivity index (χ3v) is 5.97. The Kier molecular flexibility index (Phi) is 5.06. The lowest BCUT2D eigenvalue weighted by Gasteiger charge is -2.18. The molecule has 0 aliphatic carbocycles. The van der Waals surface area contributed by atoms with Crippen LogP contribution in [0.4, 0.5) is 11.4 Å². The molecular weight excluding hydrogens is 340 g/mol. The minimum absolute atomic E-state index is 0.179. The molecule has 0 saturated carbocycles. The highest BCUT2D eigenvalue weighted by Crippen LogP contribution is 2.26. The van der Waals surface area contributed by atoms with Crippen molar-refractivity contribution < 1.29 is 17.9 Å². The van der Waals surface area contributed by atoms with Gasteiger partial charge in [-0.2, -0.15) is 0 Å². The second-order valence-corrected chi connectivity index (χ2v) is 7.82. The molecule has 6 nitrogen and oxygen atoms in total. The number of anilines is 2. The van der Waals surface area contributed by atoms with Crippen molar-refractivity contribution in [2.75, 3.05) is 29.0 Å². The smallest absolute Gasteiger partial charge is 0.258 e. The molecule has 1 aliphatic heterocycles. The van der Waals surface area contributed by atoms with Crippen LogP contribution in [-0.4, -0.2) is 33.7 Å². The van der Waals surface area contributed by atoms with Gasteiger partial charge in [0.1, 0.15) is 0 Å². The number of hydrogen-bond donors (Lipinski definition) is 1. The van der Waals surface area contributed by atoms with Gasteiger partial charge in [-0.05, 0) is 36.2 Å². The van der Waals surface area contributed by atoms with Crippen molar-refractivity contribution in [2.24, 2.45) is 0 Å². The molecule has 0 radical (unpaired) electrons. The highest BCUT2D eigenvalue weighted by atomic mass is 32.2. The van der Waals surface area contributed by atoms with E-state index in [9.17, 15) is 13.2 Å². The third kappa shape index (κ3) is 3.83. The number of nitrogens with zero attached hydrogens (tertiary/aromatic N) is 1. The van der Waals surface area contributed by atoms with Gasteiger partial charge >= 0.3 is 0 Å². The summed E-state index contributed by atoms with van der Waals surface area (Å²) >= 11 is 0. The van der Waals surface area contributed by atoms with Gasteiger partial charge in [0.2, 0.25) is 10.0 Å². The molecule has 1 fully saturated rings. The molecule has 1 amide bonds. The molecule has 2 aromatic carbocycles. The first-order valence-electron chi connectivity index (χ1n) is 8.00. The Morgan fingerprint density at radius 3 is 2.36 bits per heavy atom. The SMILES string of the molecule is CO[C@@H](C(=O)Nc1ccc(N2CCCS2(=O)=O)cc1)c1ccccc1. The zero-order valence-electron chi connectivity index (χ0n) is 13.9. The number of benzene rings is 2. The largest absolute Gasteiger partial charge is 0.367 e.